The average Bonchev–Trinajstić information content (AvgIpc) is 2.63. The second-order valence-corrected chi connectivity index (χ2v) is 11.5. The van der Waals surface area contributed by atoms with E-state index in [4.69, 9.17) is 0 Å². The van der Waals surface area contributed by atoms with Crippen LogP contribution in [0.5, 0.6) is 0 Å². The van der Waals surface area contributed by atoms with Crippen molar-refractivity contribution in [3.8, 4) is 0 Å². The van der Waals surface area contributed by atoms with Gasteiger partial charge in [-0.05, 0) is 92.1 Å². The first-order valence-corrected chi connectivity index (χ1v) is 12.8. The molecule has 0 radical (unpaired) electrons. The quantitative estimate of drug-likeness (QED) is 0.797. The molecule has 2 aromatic rings. The zero-order valence-corrected chi connectivity index (χ0v) is 19.4. The lowest BCUT2D eigenvalue weighted by Gasteiger charge is -2.27. The van der Waals surface area contributed by atoms with Gasteiger partial charge in [-0.1, -0.05) is 6.07 Å². The molecule has 1 heterocycles. The van der Waals surface area contributed by atoms with Crippen molar-refractivity contribution >= 4 is 25.7 Å². The summed E-state index contributed by atoms with van der Waals surface area (Å²) >= 11 is 0. The summed E-state index contributed by atoms with van der Waals surface area (Å²) in [6, 6.07) is 5.35. The third kappa shape index (κ3) is 4.06. The molecule has 1 aliphatic rings. The van der Waals surface area contributed by atoms with Crippen molar-refractivity contribution in [2.75, 3.05) is 17.5 Å². The van der Waals surface area contributed by atoms with Crippen LogP contribution in [0, 0.1) is 34.6 Å². The highest BCUT2D eigenvalue weighted by Gasteiger charge is 2.26. The molecule has 0 aromatic heterocycles. The smallest absolute Gasteiger partial charge is 0.262 e. The highest BCUT2D eigenvalue weighted by atomic mass is 32.2. The molecular weight excluding hydrogens is 408 g/mol. The van der Waals surface area contributed by atoms with Crippen LogP contribution in [-0.4, -0.2) is 33.9 Å². The topological polar surface area (TPSA) is 83.6 Å². The van der Waals surface area contributed by atoms with Gasteiger partial charge in [0.05, 0.1) is 11.2 Å². The van der Waals surface area contributed by atoms with E-state index in [0.717, 1.165) is 38.9 Å². The maximum Gasteiger partial charge on any atom is 0.262 e. The second-order valence-electron chi connectivity index (χ2n) is 7.89. The Balaban J connectivity index is 2.00. The van der Waals surface area contributed by atoms with Gasteiger partial charge >= 0.3 is 0 Å². The fourth-order valence-corrected chi connectivity index (χ4v) is 6.40. The van der Waals surface area contributed by atoms with Crippen LogP contribution in [0.4, 0.5) is 5.69 Å². The molecule has 0 fully saturated rings. The molecule has 0 aliphatic carbocycles. The lowest BCUT2D eigenvalue weighted by atomic mass is 9.95. The van der Waals surface area contributed by atoms with E-state index in [1.54, 1.807) is 12.1 Å². The predicted molar refractivity (Wildman–Crippen MR) is 116 cm³/mol. The van der Waals surface area contributed by atoms with Gasteiger partial charge in [0, 0.05) is 18.8 Å². The zero-order valence-electron chi connectivity index (χ0n) is 17.8. The van der Waals surface area contributed by atoms with Crippen LogP contribution in [0.2, 0.25) is 0 Å². The van der Waals surface area contributed by atoms with E-state index in [1.807, 2.05) is 40.7 Å². The molecule has 2 aromatic carbocycles. The molecule has 6 nitrogen and oxygen atoms in total. The van der Waals surface area contributed by atoms with Gasteiger partial charge in [-0.15, -0.1) is 0 Å². The zero-order chi connectivity index (χ0) is 21.7. The summed E-state index contributed by atoms with van der Waals surface area (Å²) in [5.41, 5.74) is 6.86. The molecule has 3 rings (SSSR count). The van der Waals surface area contributed by atoms with E-state index in [-0.39, 0.29) is 6.54 Å². The Morgan fingerprint density at radius 3 is 1.93 bits per heavy atom. The predicted octanol–water partition coefficient (Wildman–Crippen LogP) is 3.35. The molecule has 1 N–H and O–H groups in total. The van der Waals surface area contributed by atoms with Crippen molar-refractivity contribution in [3.63, 3.8) is 0 Å². The minimum absolute atomic E-state index is 0.255. The fraction of sp³-hybridized carbons (Fsp3) is 0.429. The third-order valence-corrected chi connectivity index (χ3v) is 9.01. The summed E-state index contributed by atoms with van der Waals surface area (Å²) in [6.07, 6.45) is 1.81. The Kier molecular flexibility index (Phi) is 5.57. The normalized spacial score (nSPS) is 15.2. The maximum atomic E-state index is 13.2. The van der Waals surface area contributed by atoms with Crippen molar-refractivity contribution in [1.29, 1.82) is 0 Å². The minimum atomic E-state index is -3.79. The lowest BCUT2D eigenvalue weighted by molar-refractivity contribution is 0.395. The second kappa shape index (κ2) is 7.41. The maximum absolute atomic E-state index is 13.2. The van der Waals surface area contributed by atoms with E-state index in [0.29, 0.717) is 23.5 Å². The Morgan fingerprint density at radius 1 is 0.828 bits per heavy atom. The fourth-order valence-electron chi connectivity index (χ4n) is 3.95. The van der Waals surface area contributed by atoms with E-state index in [1.165, 1.54) is 10.6 Å². The number of nitrogens with zero attached hydrogens (tertiary/aromatic N) is 1. The Labute approximate surface area is 174 Å². The SMILES string of the molecule is Cc1c(C)c(C)c(S(=O)(=O)Nc2ccc3c(c2)CN(S(C)(=O)=O)CC3)c(C)c1C. The van der Waals surface area contributed by atoms with Crippen molar-refractivity contribution in [2.24, 2.45) is 0 Å². The molecule has 1 aliphatic heterocycles. The van der Waals surface area contributed by atoms with Crippen LogP contribution in [0.3, 0.4) is 0 Å². The van der Waals surface area contributed by atoms with Crippen molar-refractivity contribution in [1.82, 2.24) is 4.31 Å². The van der Waals surface area contributed by atoms with Gasteiger partial charge in [0.25, 0.3) is 10.0 Å². The van der Waals surface area contributed by atoms with Gasteiger partial charge in [-0.2, -0.15) is 4.31 Å². The number of rotatable bonds is 4. The molecule has 0 atom stereocenters. The van der Waals surface area contributed by atoms with Crippen LogP contribution in [0.15, 0.2) is 23.1 Å². The van der Waals surface area contributed by atoms with Crippen molar-refractivity contribution < 1.29 is 16.8 Å². The van der Waals surface area contributed by atoms with Crippen LogP contribution in [0.25, 0.3) is 0 Å². The first kappa shape index (κ1) is 21.8. The monoisotopic (exact) mass is 436 g/mol. The molecule has 0 saturated carbocycles. The molecule has 8 heteroatoms. The van der Waals surface area contributed by atoms with Crippen LogP contribution < -0.4 is 4.72 Å². The minimum Gasteiger partial charge on any atom is -0.280 e. The number of benzene rings is 2. The number of fused-ring (bicyclic) bond motifs is 1. The highest BCUT2D eigenvalue weighted by molar-refractivity contribution is 7.92. The van der Waals surface area contributed by atoms with Gasteiger partial charge in [0.2, 0.25) is 10.0 Å². The Hall–Kier alpha value is -1.90. The molecule has 0 amide bonds. The molecule has 29 heavy (non-hydrogen) atoms. The number of hydrogen-bond donors (Lipinski definition) is 1. The first-order valence-electron chi connectivity index (χ1n) is 9.49. The van der Waals surface area contributed by atoms with E-state index < -0.39 is 20.0 Å². The number of anilines is 1. The van der Waals surface area contributed by atoms with Gasteiger partial charge in [0.1, 0.15) is 0 Å². The standard InChI is InChI=1S/C21H28N2O4S2/c1-13-14(2)16(4)21(17(5)15(13)3)29(26,27)22-20-8-7-18-9-10-23(28(6,24)25)12-19(18)11-20/h7-8,11,22H,9-10,12H2,1-6H3. The van der Waals surface area contributed by atoms with Crippen molar-refractivity contribution in [2.45, 2.75) is 52.5 Å². The number of sulfonamides is 2. The van der Waals surface area contributed by atoms with Gasteiger partial charge in [0.15, 0.2) is 0 Å². The summed E-state index contributed by atoms with van der Waals surface area (Å²) in [6.45, 7) is 10.2. The largest absolute Gasteiger partial charge is 0.280 e. The van der Waals surface area contributed by atoms with Crippen molar-refractivity contribution in [3.05, 3.63) is 57.1 Å². The van der Waals surface area contributed by atoms with Crippen LogP contribution in [-0.2, 0) is 33.0 Å². The first-order chi connectivity index (χ1) is 13.3. The number of hydrogen-bond acceptors (Lipinski definition) is 4. The molecule has 0 unspecified atom stereocenters. The summed E-state index contributed by atoms with van der Waals surface area (Å²) in [4.78, 5) is 0.314. The summed E-state index contributed by atoms with van der Waals surface area (Å²) in [5.74, 6) is 0. The lowest BCUT2D eigenvalue weighted by Crippen LogP contribution is -2.35. The van der Waals surface area contributed by atoms with E-state index in [9.17, 15) is 16.8 Å². The summed E-state index contributed by atoms with van der Waals surface area (Å²) < 4.78 is 54.3. The Bertz CT molecular complexity index is 1170. The van der Waals surface area contributed by atoms with Gasteiger partial charge in [-0.25, -0.2) is 16.8 Å². The molecule has 0 spiro atoms. The van der Waals surface area contributed by atoms with E-state index >= 15 is 0 Å². The van der Waals surface area contributed by atoms with E-state index in [2.05, 4.69) is 4.72 Å². The Morgan fingerprint density at radius 2 is 1.38 bits per heavy atom. The highest BCUT2D eigenvalue weighted by Crippen LogP contribution is 2.31. The van der Waals surface area contributed by atoms with Gasteiger partial charge < -0.3 is 0 Å². The molecular formula is C21H28N2O4S2. The van der Waals surface area contributed by atoms with Crippen LogP contribution >= 0.6 is 0 Å². The summed E-state index contributed by atoms with van der Waals surface area (Å²) in [5, 5.41) is 0. The number of nitrogens with one attached hydrogen (secondary N) is 1. The average molecular weight is 437 g/mol. The molecule has 0 bridgehead atoms. The summed E-state index contributed by atoms with van der Waals surface area (Å²) in [7, 11) is -7.08. The van der Waals surface area contributed by atoms with Crippen LogP contribution in [0.1, 0.15) is 38.9 Å². The third-order valence-electron chi connectivity index (χ3n) is 6.10. The molecule has 0 saturated heterocycles. The molecule has 158 valence electrons. The van der Waals surface area contributed by atoms with Gasteiger partial charge in [-0.3, -0.25) is 4.72 Å².